The highest BCUT2D eigenvalue weighted by molar-refractivity contribution is 6.10. The normalized spacial score (nSPS) is 13.2. The van der Waals surface area contributed by atoms with E-state index in [2.05, 4.69) is 50.4 Å². The topological polar surface area (TPSA) is 29.1 Å². The zero-order chi connectivity index (χ0) is 17.6. The molecule has 2 nitrogen and oxygen atoms in total. The zero-order valence-corrected chi connectivity index (χ0v) is 15.0. The predicted octanol–water partition coefficient (Wildman–Crippen LogP) is 5.49. The van der Waals surface area contributed by atoms with Crippen LogP contribution in [0.15, 0.2) is 54.6 Å². The van der Waals surface area contributed by atoms with E-state index < -0.39 is 0 Å². The van der Waals surface area contributed by atoms with Crippen LogP contribution in [0.5, 0.6) is 0 Å². The Kier molecular flexibility index (Phi) is 3.64. The molecular weight excluding hydrogens is 306 g/mol. The second-order valence-electron chi connectivity index (χ2n) is 7.89. The van der Waals surface area contributed by atoms with Crippen molar-refractivity contribution in [3.8, 4) is 0 Å². The van der Waals surface area contributed by atoms with E-state index in [1.54, 1.807) is 0 Å². The second kappa shape index (κ2) is 5.73. The van der Waals surface area contributed by atoms with Gasteiger partial charge in [0.1, 0.15) is 0 Å². The molecule has 0 heterocycles. The van der Waals surface area contributed by atoms with Crippen LogP contribution in [-0.2, 0) is 18.3 Å². The van der Waals surface area contributed by atoms with Crippen LogP contribution >= 0.6 is 0 Å². The Hall–Kier alpha value is -2.61. The zero-order valence-electron chi connectivity index (χ0n) is 15.0. The van der Waals surface area contributed by atoms with Crippen LogP contribution < -0.4 is 5.32 Å². The lowest BCUT2D eigenvalue weighted by Gasteiger charge is -2.19. The standard InChI is InChI=1S/C23H23NO/c1-23(2,3)18-12-9-17(10-13-18)22(25)24-20-14-11-16-8-7-15-5-4-6-19(20)21(15)16/h4-6,9-14H,7-8H2,1-3H3,(H,24,25). The first-order valence-corrected chi connectivity index (χ1v) is 8.89. The highest BCUT2D eigenvalue weighted by Crippen LogP contribution is 2.35. The highest BCUT2D eigenvalue weighted by atomic mass is 16.1. The average molecular weight is 329 g/mol. The van der Waals surface area contributed by atoms with Crippen molar-refractivity contribution in [2.24, 2.45) is 0 Å². The Morgan fingerprint density at radius 3 is 2.24 bits per heavy atom. The summed E-state index contributed by atoms with van der Waals surface area (Å²) in [6, 6.07) is 18.5. The van der Waals surface area contributed by atoms with Gasteiger partial charge in [-0.25, -0.2) is 0 Å². The van der Waals surface area contributed by atoms with E-state index in [-0.39, 0.29) is 11.3 Å². The monoisotopic (exact) mass is 329 g/mol. The van der Waals surface area contributed by atoms with Crippen molar-refractivity contribution in [3.05, 3.63) is 76.9 Å². The molecule has 0 radical (unpaired) electrons. The lowest BCUT2D eigenvalue weighted by molar-refractivity contribution is 0.102. The van der Waals surface area contributed by atoms with Crippen LogP contribution in [0.4, 0.5) is 5.69 Å². The molecule has 126 valence electrons. The summed E-state index contributed by atoms with van der Waals surface area (Å²) < 4.78 is 0. The maximum Gasteiger partial charge on any atom is 0.255 e. The van der Waals surface area contributed by atoms with Gasteiger partial charge in [0, 0.05) is 16.6 Å². The minimum absolute atomic E-state index is 0.0563. The molecule has 0 unspecified atom stereocenters. The van der Waals surface area contributed by atoms with Gasteiger partial charge in [0.2, 0.25) is 0 Å². The Bertz CT molecular complexity index is 952. The number of aryl methyl sites for hydroxylation is 2. The summed E-state index contributed by atoms with van der Waals surface area (Å²) in [7, 11) is 0. The van der Waals surface area contributed by atoms with Crippen molar-refractivity contribution < 1.29 is 4.79 Å². The number of hydrogen-bond donors (Lipinski definition) is 1. The van der Waals surface area contributed by atoms with Crippen LogP contribution in [0.3, 0.4) is 0 Å². The first-order valence-electron chi connectivity index (χ1n) is 8.89. The SMILES string of the molecule is CC(C)(C)c1ccc(C(=O)Nc2ccc3c4c(cccc24)CC3)cc1. The molecule has 0 spiro atoms. The number of carbonyl (C=O) groups is 1. The minimum atomic E-state index is -0.0563. The molecule has 0 atom stereocenters. The van der Waals surface area contributed by atoms with E-state index in [0.29, 0.717) is 5.56 Å². The van der Waals surface area contributed by atoms with Gasteiger partial charge in [-0.3, -0.25) is 4.79 Å². The summed E-state index contributed by atoms with van der Waals surface area (Å²) in [5, 5.41) is 5.57. The summed E-state index contributed by atoms with van der Waals surface area (Å²) in [5.74, 6) is -0.0563. The maximum absolute atomic E-state index is 12.7. The number of amides is 1. The van der Waals surface area contributed by atoms with Crippen molar-refractivity contribution in [2.75, 3.05) is 5.32 Å². The van der Waals surface area contributed by atoms with E-state index in [1.807, 2.05) is 30.3 Å². The molecule has 3 aromatic carbocycles. The van der Waals surface area contributed by atoms with Gasteiger partial charge < -0.3 is 5.32 Å². The highest BCUT2D eigenvalue weighted by Gasteiger charge is 2.18. The maximum atomic E-state index is 12.7. The van der Waals surface area contributed by atoms with E-state index >= 15 is 0 Å². The fraction of sp³-hybridized carbons (Fsp3) is 0.261. The van der Waals surface area contributed by atoms with Crippen LogP contribution in [-0.4, -0.2) is 5.91 Å². The van der Waals surface area contributed by atoms with Crippen molar-refractivity contribution in [1.82, 2.24) is 0 Å². The lowest BCUT2D eigenvalue weighted by Crippen LogP contribution is -2.14. The van der Waals surface area contributed by atoms with Crippen LogP contribution in [0.1, 0.15) is 47.8 Å². The molecule has 0 saturated heterocycles. The molecule has 1 amide bonds. The largest absolute Gasteiger partial charge is 0.321 e. The molecule has 0 fully saturated rings. The van der Waals surface area contributed by atoms with Crippen molar-refractivity contribution >= 4 is 22.4 Å². The first kappa shape index (κ1) is 15.9. The lowest BCUT2D eigenvalue weighted by atomic mass is 9.86. The van der Waals surface area contributed by atoms with Gasteiger partial charge in [0.15, 0.2) is 0 Å². The molecule has 25 heavy (non-hydrogen) atoms. The Morgan fingerprint density at radius 1 is 0.880 bits per heavy atom. The van der Waals surface area contributed by atoms with Crippen molar-refractivity contribution in [3.63, 3.8) is 0 Å². The fourth-order valence-corrected chi connectivity index (χ4v) is 3.67. The smallest absolute Gasteiger partial charge is 0.255 e. The molecule has 4 rings (SSSR count). The minimum Gasteiger partial charge on any atom is -0.321 e. The first-order chi connectivity index (χ1) is 11.9. The van der Waals surface area contributed by atoms with Gasteiger partial charge in [0.25, 0.3) is 5.91 Å². The van der Waals surface area contributed by atoms with Crippen LogP contribution in [0.25, 0.3) is 10.8 Å². The predicted molar refractivity (Wildman–Crippen MR) is 104 cm³/mol. The second-order valence-corrected chi connectivity index (χ2v) is 7.89. The summed E-state index contributed by atoms with van der Waals surface area (Å²) in [5.41, 5.74) is 5.68. The molecule has 0 aliphatic heterocycles. The van der Waals surface area contributed by atoms with Crippen LogP contribution in [0.2, 0.25) is 0 Å². The third-order valence-corrected chi connectivity index (χ3v) is 5.14. The van der Waals surface area contributed by atoms with Gasteiger partial charge in [-0.2, -0.15) is 0 Å². The van der Waals surface area contributed by atoms with E-state index in [9.17, 15) is 4.79 Å². The Morgan fingerprint density at radius 2 is 1.56 bits per heavy atom. The molecule has 1 aliphatic carbocycles. The van der Waals surface area contributed by atoms with Gasteiger partial charge >= 0.3 is 0 Å². The van der Waals surface area contributed by atoms with Crippen molar-refractivity contribution in [2.45, 2.75) is 39.0 Å². The van der Waals surface area contributed by atoms with Gasteiger partial charge in [0.05, 0.1) is 0 Å². The molecular formula is C23H23NO. The number of rotatable bonds is 2. The molecule has 3 aromatic rings. The molecule has 1 aliphatic rings. The average Bonchev–Trinajstić information content (AvgIpc) is 3.01. The number of hydrogen-bond acceptors (Lipinski definition) is 1. The third kappa shape index (κ3) is 2.82. The molecule has 0 saturated carbocycles. The quantitative estimate of drug-likeness (QED) is 0.662. The molecule has 0 aromatic heterocycles. The molecule has 1 N–H and O–H groups in total. The van der Waals surface area contributed by atoms with Gasteiger partial charge in [-0.15, -0.1) is 0 Å². The number of carbonyl (C=O) groups excluding carboxylic acids is 1. The summed E-state index contributed by atoms with van der Waals surface area (Å²) >= 11 is 0. The summed E-state index contributed by atoms with van der Waals surface area (Å²) in [4.78, 5) is 12.7. The van der Waals surface area contributed by atoms with Gasteiger partial charge in [-0.1, -0.05) is 57.2 Å². The Labute approximate surface area is 148 Å². The van der Waals surface area contributed by atoms with E-state index in [1.165, 1.54) is 22.1 Å². The van der Waals surface area contributed by atoms with E-state index in [4.69, 9.17) is 0 Å². The Balaban J connectivity index is 1.65. The van der Waals surface area contributed by atoms with Crippen LogP contribution in [0, 0.1) is 0 Å². The molecule has 2 heteroatoms. The molecule has 0 bridgehead atoms. The summed E-state index contributed by atoms with van der Waals surface area (Å²) in [6.45, 7) is 6.53. The number of anilines is 1. The third-order valence-electron chi connectivity index (χ3n) is 5.14. The van der Waals surface area contributed by atoms with Crippen molar-refractivity contribution in [1.29, 1.82) is 0 Å². The summed E-state index contributed by atoms with van der Waals surface area (Å²) in [6.07, 6.45) is 2.19. The number of nitrogens with one attached hydrogen (secondary N) is 1. The van der Waals surface area contributed by atoms with E-state index in [0.717, 1.165) is 23.9 Å². The fourth-order valence-electron chi connectivity index (χ4n) is 3.67. The van der Waals surface area contributed by atoms with Gasteiger partial charge in [-0.05, 0) is 58.5 Å². The number of benzene rings is 3.